The molecule has 0 saturated carbocycles. The van der Waals surface area contributed by atoms with Crippen molar-refractivity contribution in [3.63, 3.8) is 0 Å². The second-order valence-electron chi connectivity index (χ2n) is 3.91. The zero-order chi connectivity index (χ0) is 12.5. The molecule has 0 aliphatic carbocycles. The van der Waals surface area contributed by atoms with Gasteiger partial charge in [0.2, 0.25) is 0 Å². The minimum Gasteiger partial charge on any atom is -0.398 e. The predicted molar refractivity (Wildman–Crippen MR) is 57.4 cm³/mol. The molecule has 0 bridgehead atoms. The molecule has 1 saturated heterocycles. The zero-order valence-electron chi connectivity index (χ0n) is 9.05. The van der Waals surface area contributed by atoms with Crippen LogP contribution in [0.3, 0.4) is 0 Å². The highest BCUT2D eigenvalue weighted by atomic mass is 19.4. The van der Waals surface area contributed by atoms with Crippen molar-refractivity contribution in [1.82, 2.24) is 5.32 Å². The Balaban J connectivity index is 2.30. The van der Waals surface area contributed by atoms with E-state index in [0.29, 0.717) is 18.7 Å². The van der Waals surface area contributed by atoms with Crippen LogP contribution in [0.15, 0.2) is 18.2 Å². The number of hydrogen-bond donors (Lipinski definition) is 2. The smallest absolute Gasteiger partial charge is 0.398 e. The fraction of sp³-hybridized carbons (Fsp3) is 0.455. The van der Waals surface area contributed by atoms with E-state index >= 15 is 0 Å². The fourth-order valence-corrected chi connectivity index (χ4v) is 1.80. The van der Waals surface area contributed by atoms with Crippen molar-refractivity contribution in [2.75, 3.05) is 25.4 Å². The Morgan fingerprint density at radius 1 is 1.35 bits per heavy atom. The second-order valence-corrected chi connectivity index (χ2v) is 3.91. The largest absolute Gasteiger partial charge is 0.418 e. The lowest BCUT2D eigenvalue weighted by molar-refractivity contribution is -0.137. The van der Waals surface area contributed by atoms with Crippen LogP contribution in [0, 0.1) is 0 Å². The van der Waals surface area contributed by atoms with E-state index in [1.807, 2.05) is 0 Å². The molecule has 1 aliphatic rings. The standard InChI is InChI=1S/C11H13F3N2O/c12-11(13,14)8-5-7(1-2-9(8)15)10-6-16-3-4-17-10/h1-2,5,10,16H,3-4,6,15H2/t10-/m0/s1. The Morgan fingerprint density at radius 3 is 2.71 bits per heavy atom. The molecule has 0 aromatic heterocycles. The summed E-state index contributed by atoms with van der Waals surface area (Å²) in [7, 11) is 0. The summed E-state index contributed by atoms with van der Waals surface area (Å²) in [5.74, 6) is 0. The van der Waals surface area contributed by atoms with Crippen LogP contribution >= 0.6 is 0 Å². The third-order valence-electron chi connectivity index (χ3n) is 2.68. The van der Waals surface area contributed by atoms with Crippen molar-refractivity contribution in [2.24, 2.45) is 0 Å². The Morgan fingerprint density at radius 2 is 2.12 bits per heavy atom. The average Bonchev–Trinajstić information content (AvgIpc) is 2.29. The molecule has 1 heterocycles. The lowest BCUT2D eigenvalue weighted by Crippen LogP contribution is -2.33. The van der Waals surface area contributed by atoms with Crippen molar-refractivity contribution < 1.29 is 17.9 Å². The fourth-order valence-electron chi connectivity index (χ4n) is 1.80. The van der Waals surface area contributed by atoms with E-state index in [1.54, 1.807) is 6.07 Å². The summed E-state index contributed by atoms with van der Waals surface area (Å²) < 4.78 is 43.4. The number of ether oxygens (including phenoxy) is 1. The van der Waals surface area contributed by atoms with Crippen LogP contribution in [0.5, 0.6) is 0 Å². The molecule has 0 spiro atoms. The van der Waals surface area contributed by atoms with E-state index in [4.69, 9.17) is 10.5 Å². The van der Waals surface area contributed by atoms with Crippen LogP contribution in [0.1, 0.15) is 17.2 Å². The van der Waals surface area contributed by atoms with Gasteiger partial charge < -0.3 is 15.8 Å². The molecule has 3 nitrogen and oxygen atoms in total. The predicted octanol–water partition coefficient (Wildman–Crippen LogP) is 1.95. The monoisotopic (exact) mass is 246 g/mol. The summed E-state index contributed by atoms with van der Waals surface area (Å²) in [6, 6.07) is 3.91. The van der Waals surface area contributed by atoms with Gasteiger partial charge in [0.25, 0.3) is 0 Å². The van der Waals surface area contributed by atoms with Gasteiger partial charge in [0.1, 0.15) is 0 Å². The number of hydrogen-bond acceptors (Lipinski definition) is 3. The molecule has 1 atom stereocenters. The first-order valence-electron chi connectivity index (χ1n) is 5.27. The molecule has 17 heavy (non-hydrogen) atoms. The minimum atomic E-state index is -4.43. The van der Waals surface area contributed by atoms with Gasteiger partial charge in [-0.25, -0.2) is 0 Å². The molecule has 0 radical (unpaired) electrons. The summed E-state index contributed by atoms with van der Waals surface area (Å²) in [4.78, 5) is 0. The van der Waals surface area contributed by atoms with Crippen LogP contribution in [-0.2, 0) is 10.9 Å². The summed E-state index contributed by atoms with van der Waals surface area (Å²) >= 11 is 0. The summed E-state index contributed by atoms with van der Waals surface area (Å²) in [6.07, 6.45) is -4.77. The van der Waals surface area contributed by atoms with Crippen molar-refractivity contribution in [3.8, 4) is 0 Å². The van der Waals surface area contributed by atoms with Crippen LogP contribution in [0.25, 0.3) is 0 Å². The first-order chi connectivity index (χ1) is 7.98. The van der Waals surface area contributed by atoms with Gasteiger partial charge in [-0.1, -0.05) is 6.07 Å². The normalized spacial score (nSPS) is 21.5. The maximum atomic E-state index is 12.7. The Bertz CT molecular complexity index is 400. The molecule has 1 fully saturated rings. The molecule has 6 heteroatoms. The molecule has 0 amide bonds. The number of halogens is 3. The molecule has 1 aliphatic heterocycles. The number of nitrogen functional groups attached to an aromatic ring is 1. The third-order valence-corrected chi connectivity index (χ3v) is 2.68. The number of anilines is 1. The first kappa shape index (κ1) is 12.2. The lowest BCUT2D eigenvalue weighted by Gasteiger charge is -2.24. The van der Waals surface area contributed by atoms with Crippen LogP contribution < -0.4 is 11.1 Å². The van der Waals surface area contributed by atoms with Gasteiger partial charge in [0, 0.05) is 18.8 Å². The Kier molecular flexibility index (Phi) is 3.26. The van der Waals surface area contributed by atoms with Gasteiger partial charge in [0.05, 0.1) is 18.3 Å². The molecular formula is C11H13F3N2O. The van der Waals surface area contributed by atoms with Crippen molar-refractivity contribution >= 4 is 5.69 Å². The quantitative estimate of drug-likeness (QED) is 0.744. The highest BCUT2D eigenvalue weighted by Crippen LogP contribution is 2.35. The number of alkyl halides is 3. The SMILES string of the molecule is Nc1ccc([C@@H]2CNCCO2)cc1C(F)(F)F. The zero-order valence-corrected chi connectivity index (χ0v) is 9.05. The lowest BCUT2D eigenvalue weighted by atomic mass is 10.0. The summed E-state index contributed by atoms with van der Waals surface area (Å²) in [6.45, 7) is 1.73. The van der Waals surface area contributed by atoms with E-state index in [0.717, 1.165) is 12.6 Å². The van der Waals surface area contributed by atoms with Gasteiger partial charge in [0.15, 0.2) is 0 Å². The van der Waals surface area contributed by atoms with E-state index in [2.05, 4.69) is 5.32 Å². The van der Waals surface area contributed by atoms with Gasteiger partial charge in [-0.3, -0.25) is 0 Å². The number of rotatable bonds is 1. The maximum Gasteiger partial charge on any atom is 0.418 e. The maximum absolute atomic E-state index is 12.7. The van der Waals surface area contributed by atoms with Gasteiger partial charge in [-0.05, 0) is 17.7 Å². The van der Waals surface area contributed by atoms with E-state index in [-0.39, 0.29) is 11.8 Å². The van der Waals surface area contributed by atoms with E-state index < -0.39 is 11.7 Å². The highest BCUT2D eigenvalue weighted by Gasteiger charge is 2.33. The Labute approximate surface area is 96.8 Å². The number of morpholine rings is 1. The van der Waals surface area contributed by atoms with Crippen LogP contribution in [0.2, 0.25) is 0 Å². The molecular weight excluding hydrogens is 233 g/mol. The number of nitrogens with one attached hydrogen (secondary N) is 1. The molecule has 1 aromatic carbocycles. The average molecular weight is 246 g/mol. The number of nitrogens with two attached hydrogens (primary N) is 1. The first-order valence-corrected chi connectivity index (χ1v) is 5.27. The topological polar surface area (TPSA) is 47.3 Å². The third kappa shape index (κ3) is 2.70. The molecule has 1 aromatic rings. The van der Waals surface area contributed by atoms with Crippen molar-refractivity contribution in [2.45, 2.75) is 12.3 Å². The highest BCUT2D eigenvalue weighted by molar-refractivity contribution is 5.50. The van der Waals surface area contributed by atoms with Crippen molar-refractivity contribution in [1.29, 1.82) is 0 Å². The van der Waals surface area contributed by atoms with Crippen molar-refractivity contribution in [3.05, 3.63) is 29.3 Å². The second kappa shape index (κ2) is 4.54. The molecule has 2 rings (SSSR count). The Hall–Kier alpha value is -1.27. The molecule has 0 unspecified atom stereocenters. The van der Waals surface area contributed by atoms with E-state index in [9.17, 15) is 13.2 Å². The molecule has 3 N–H and O–H groups in total. The molecule has 94 valence electrons. The van der Waals surface area contributed by atoms with Gasteiger partial charge >= 0.3 is 6.18 Å². The van der Waals surface area contributed by atoms with Crippen LogP contribution in [0.4, 0.5) is 18.9 Å². The number of benzene rings is 1. The van der Waals surface area contributed by atoms with Gasteiger partial charge in [-0.15, -0.1) is 0 Å². The summed E-state index contributed by atoms with van der Waals surface area (Å²) in [5, 5.41) is 3.07. The van der Waals surface area contributed by atoms with Gasteiger partial charge in [-0.2, -0.15) is 13.2 Å². The van der Waals surface area contributed by atoms with Crippen LogP contribution in [-0.4, -0.2) is 19.7 Å². The minimum absolute atomic E-state index is 0.259. The van der Waals surface area contributed by atoms with E-state index in [1.165, 1.54) is 6.07 Å². The summed E-state index contributed by atoms with van der Waals surface area (Å²) in [5.41, 5.74) is 4.77.